The summed E-state index contributed by atoms with van der Waals surface area (Å²) >= 11 is 0. The van der Waals surface area contributed by atoms with Gasteiger partial charge in [0.25, 0.3) is 0 Å². The van der Waals surface area contributed by atoms with E-state index in [2.05, 4.69) is 24.1 Å². The summed E-state index contributed by atoms with van der Waals surface area (Å²) in [5, 5.41) is 0. The number of hydrogen-bond acceptors (Lipinski definition) is 6. The number of fused-ring (bicyclic) bond motifs is 2. The molecule has 0 unspecified atom stereocenters. The van der Waals surface area contributed by atoms with Gasteiger partial charge in [0.2, 0.25) is 11.8 Å². The van der Waals surface area contributed by atoms with Gasteiger partial charge in [-0.15, -0.1) is 0 Å². The summed E-state index contributed by atoms with van der Waals surface area (Å²) in [4.78, 5) is 29.4. The van der Waals surface area contributed by atoms with Crippen molar-refractivity contribution in [3.8, 4) is 17.2 Å². The number of nitrogens with zero attached hydrogens (tertiary/aromatic N) is 2. The Morgan fingerprint density at radius 1 is 0.882 bits per heavy atom. The van der Waals surface area contributed by atoms with Crippen molar-refractivity contribution in [1.82, 2.24) is 9.80 Å². The molecule has 1 atom stereocenters. The Labute approximate surface area is 201 Å². The monoisotopic (exact) mass is 466 g/mol. The van der Waals surface area contributed by atoms with Crippen molar-refractivity contribution in [3.63, 3.8) is 0 Å². The Balaban J connectivity index is 1.31. The van der Waals surface area contributed by atoms with Crippen LogP contribution in [0.15, 0.2) is 24.3 Å². The predicted octanol–water partition coefficient (Wildman–Crippen LogP) is 3.14. The van der Waals surface area contributed by atoms with Crippen LogP contribution in [0, 0.1) is 6.92 Å². The van der Waals surface area contributed by atoms with E-state index in [0.29, 0.717) is 12.5 Å². The number of amides is 2. The molecule has 0 spiro atoms. The van der Waals surface area contributed by atoms with Gasteiger partial charge in [-0.3, -0.25) is 14.5 Å². The molecule has 1 aliphatic carbocycles. The number of likely N-dealkylation sites (N-methyl/N-ethyl adjacent to an activating group) is 1. The second-order valence-electron chi connectivity index (χ2n) is 9.31. The molecule has 0 aromatic heterocycles. The lowest BCUT2D eigenvalue weighted by Crippen LogP contribution is -2.39. The fraction of sp³-hybridized carbons (Fsp3) is 0.481. The Kier molecular flexibility index (Phi) is 7.12. The largest absolute Gasteiger partial charge is 0.496 e. The second kappa shape index (κ2) is 10.1. The maximum Gasteiger partial charge on any atom is 0.233 e. The van der Waals surface area contributed by atoms with Crippen LogP contribution in [-0.2, 0) is 28.9 Å². The van der Waals surface area contributed by atoms with Gasteiger partial charge in [-0.2, -0.15) is 0 Å². The molecule has 1 aliphatic heterocycles. The van der Waals surface area contributed by atoms with E-state index >= 15 is 0 Å². The molecule has 0 bridgehead atoms. The summed E-state index contributed by atoms with van der Waals surface area (Å²) < 4.78 is 16.2. The average Bonchev–Trinajstić information content (AvgIpc) is 2.91. The number of ether oxygens (including phenoxy) is 3. The summed E-state index contributed by atoms with van der Waals surface area (Å²) in [6, 6.07) is 8.02. The van der Waals surface area contributed by atoms with Gasteiger partial charge in [-0.1, -0.05) is 6.07 Å². The number of benzene rings is 2. The highest BCUT2D eigenvalue weighted by Crippen LogP contribution is 2.42. The van der Waals surface area contributed by atoms with Crippen molar-refractivity contribution < 1.29 is 23.8 Å². The highest BCUT2D eigenvalue weighted by atomic mass is 16.5. The van der Waals surface area contributed by atoms with E-state index in [0.717, 1.165) is 59.9 Å². The minimum absolute atomic E-state index is 0.120. The fourth-order valence-corrected chi connectivity index (χ4v) is 5.11. The van der Waals surface area contributed by atoms with Gasteiger partial charge in [0.15, 0.2) is 11.5 Å². The summed E-state index contributed by atoms with van der Waals surface area (Å²) in [5.74, 6) is 2.49. The molecule has 2 aliphatic rings. The number of aryl methyl sites for hydroxylation is 1. The van der Waals surface area contributed by atoms with Gasteiger partial charge >= 0.3 is 0 Å². The van der Waals surface area contributed by atoms with E-state index in [9.17, 15) is 9.59 Å². The lowest BCUT2D eigenvalue weighted by molar-refractivity contribution is -0.143. The Morgan fingerprint density at radius 3 is 2.12 bits per heavy atom. The van der Waals surface area contributed by atoms with Crippen molar-refractivity contribution in [1.29, 1.82) is 0 Å². The van der Waals surface area contributed by atoms with E-state index in [1.165, 1.54) is 16.0 Å². The van der Waals surface area contributed by atoms with Crippen LogP contribution in [0.5, 0.6) is 17.2 Å². The minimum Gasteiger partial charge on any atom is -0.496 e. The zero-order chi connectivity index (χ0) is 24.4. The molecular weight excluding hydrogens is 432 g/mol. The zero-order valence-corrected chi connectivity index (χ0v) is 20.8. The van der Waals surface area contributed by atoms with Crippen LogP contribution in [0.25, 0.3) is 0 Å². The van der Waals surface area contributed by atoms with E-state index < -0.39 is 0 Å². The molecule has 1 heterocycles. The second-order valence-corrected chi connectivity index (χ2v) is 9.31. The summed E-state index contributed by atoms with van der Waals surface area (Å²) in [6.45, 7) is 4.14. The van der Waals surface area contributed by atoms with Crippen molar-refractivity contribution in [2.45, 2.75) is 38.5 Å². The molecule has 2 amide bonds. The van der Waals surface area contributed by atoms with Crippen molar-refractivity contribution in [2.24, 2.45) is 0 Å². The fourth-order valence-electron chi connectivity index (χ4n) is 5.11. The lowest BCUT2D eigenvalue weighted by atomic mass is 9.77. The number of imide groups is 1. The zero-order valence-electron chi connectivity index (χ0n) is 20.8. The quantitative estimate of drug-likeness (QED) is 0.529. The third-order valence-electron chi connectivity index (χ3n) is 7.01. The summed E-state index contributed by atoms with van der Waals surface area (Å²) in [7, 11) is 7.03. The standard InChI is InChI=1S/C27H34N2O5/c1-17-9-18-13-26(30)29(27(31)14-19(18)11-23(17)32-3)8-6-7-28(2)16-21-10-20-12-24(33-4)25(34-5)15-22(20)21/h9,11-12,15,21H,6-8,10,13-14,16H2,1-5H3/t21-/m1/s1. The molecule has 0 N–H and O–H groups in total. The molecule has 0 saturated heterocycles. The Hall–Kier alpha value is -3.06. The maximum absolute atomic E-state index is 12.9. The first-order valence-corrected chi connectivity index (χ1v) is 11.8. The lowest BCUT2D eigenvalue weighted by Gasteiger charge is -2.34. The summed E-state index contributed by atoms with van der Waals surface area (Å²) in [5.41, 5.74) is 5.41. The Bertz CT molecular complexity index is 1100. The predicted molar refractivity (Wildman–Crippen MR) is 130 cm³/mol. The van der Waals surface area contributed by atoms with Crippen molar-refractivity contribution in [3.05, 3.63) is 52.1 Å². The van der Waals surface area contributed by atoms with Crippen molar-refractivity contribution >= 4 is 11.8 Å². The highest BCUT2D eigenvalue weighted by molar-refractivity contribution is 5.99. The van der Waals surface area contributed by atoms with Crippen LogP contribution in [0.3, 0.4) is 0 Å². The van der Waals surface area contributed by atoms with E-state index in [1.54, 1.807) is 21.3 Å². The molecule has 0 fully saturated rings. The first kappa shape index (κ1) is 24.1. The smallest absolute Gasteiger partial charge is 0.233 e. The molecule has 7 nitrogen and oxygen atoms in total. The maximum atomic E-state index is 12.9. The van der Waals surface area contributed by atoms with E-state index in [-0.39, 0.29) is 24.7 Å². The number of carbonyl (C=O) groups is 2. The minimum atomic E-state index is -0.133. The normalized spacial score (nSPS) is 17.1. The van der Waals surface area contributed by atoms with Crippen LogP contribution >= 0.6 is 0 Å². The van der Waals surface area contributed by atoms with Gasteiger partial charge in [0, 0.05) is 19.0 Å². The SMILES string of the molecule is COc1cc2c(cc1C)CC(=O)N(CCCN(C)C[C@H]1Cc3cc(OC)c(OC)cc31)C(=O)C2. The summed E-state index contributed by atoms with van der Waals surface area (Å²) in [6.07, 6.45) is 2.26. The van der Waals surface area contributed by atoms with Gasteiger partial charge in [0.05, 0.1) is 34.2 Å². The Morgan fingerprint density at radius 2 is 1.47 bits per heavy atom. The van der Waals surface area contributed by atoms with Gasteiger partial charge in [0.1, 0.15) is 5.75 Å². The average molecular weight is 467 g/mol. The van der Waals surface area contributed by atoms with Crippen LogP contribution in [0.1, 0.15) is 40.2 Å². The number of methoxy groups -OCH3 is 3. The number of rotatable bonds is 9. The molecule has 4 rings (SSSR count). The van der Waals surface area contributed by atoms with E-state index in [4.69, 9.17) is 14.2 Å². The molecule has 0 radical (unpaired) electrons. The first-order valence-electron chi connectivity index (χ1n) is 11.8. The topological polar surface area (TPSA) is 68.3 Å². The van der Waals surface area contributed by atoms with Gasteiger partial charge in [-0.25, -0.2) is 0 Å². The molecule has 182 valence electrons. The first-order chi connectivity index (χ1) is 16.3. The van der Waals surface area contributed by atoms with Crippen LogP contribution < -0.4 is 14.2 Å². The molecule has 0 saturated carbocycles. The molecule has 2 aromatic carbocycles. The van der Waals surface area contributed by atoms with Gasteiger partial charge in [-0.05, 0) is 79.4 Å². The van der Waals surface area contributed by atoms with Crippen LogP contribution in [0.2, 0.25) is 0 Å². The molecule has 34 heavy (non-hydrogen) atoms. The molecular formula is C27H34N2O5. The van der Waals surface area contributed by atoms with Crippen molar-refractivity contribution in [2.75, 3.05) is 48.0 Å². The van der Waals surface area contributed by atoms with Gasteiger partial charge < -0.3 is 19.1 Å². The van der Waals surface area contributed by atoms with E-state index in [1.807, 2.05) is 19.1 Å². The third-order valence-corrected chi connectivity index (χ3v) is 7.01. The number of hydrogen-bond donors (Lipinski definition) is 0. The third kappa shape index (κ3) is 4.75. The van der Waals surface area contributed by atoms with Crippen LogP contribution in [-0.4, -0.2) is 69.6 Å². The van der Waals surface area contributed by atoms with Crippen LogP contribution in [0.4, 0.5) is 0 Å². The molecule has 2 aromatic rings. The molecule has 7 heteroatoms. The highest BCUT2D eigenvalue weighted by Gasteiger charge is 2.30. The number of carbonyl (C=O) groups excluding carboxylic acids is 2.